The van der Waals surface area contributed by atoms with Crippen molar-refractivity contribution in [2.75, 3.05) is 0 Å². The average Bonchev–Trinajstić information content (AvgIpc) is 3.18. The molecule has 0 radical (unpaired) electrons. The lowest BCUT2D eigenvalue weighted by Crippen LogP contribution is -2.28. The first-order valence-electron chi connectivity index (χ1n) is 7.15. The molecule has 3 heterocycles. The molecule has 3 aromatic heterocycles. The summed E-state index contributed by atoms with van der Waals surface area (Å²) in [5.41, 5.74) is -0.0933. The van der Waals surface area contributed by atoms with Crippen LogP contribution in [0.3, 0.4) is 0 Å². The number of amides is 1. The van der Waals surface area contributed by atoms with Gasteiger partial charge in [-0.3, -0.25) is 4.79 Å². The number of thiazole rings is 1. The Labute approximate surface area is 139 Å². The van der Waals surface area contributed by atoms with E-state index in [9.17, 15) is 18.0 Å². The number of carbonyl (C=O) groups excluding carboxylic acids is 1. The summed E-state index contributed by atoms with van der Waals surface area (Å²) in [6, 6.07) is 4.73. The van der Waals surface area contributed by atoms with Crippen LogP contribution in [0.15, 0.2) is 36.1 Å². The second-order valence-corrected chi connectivity index (χ2v) is 5.98. The predicted molar refractivity (Wildman–Crippen MR) is 82.8 cm³/mol. The first-order valence-corrected chi connectivity index (χ1v) is 8.03. The molecule has 0 bridgehead atoms. The molecular formula is C15H13F3N4OS. The molecule has 0 fully saturated rings. The maximum atomic E-state index is 12.7. The molecule has 0 spiro atoms. The molecule has 1 atom stereocenters. The second kappa shape index (κ2) is 6.23. The van der Waals surface area contributed by atoms with Crippen molar-refractivity contribution in [2.45, 2.75) is 25.6 Å². The van der Waals surface area contributed by atoms with E-state index in [1.165, 1.54) is 6.33 Å². The Morgan fingerprint density at radius 2 is 2.21 bits per heavy atom. The summed E-state index contributed by atoms with van der Waals surface area (Å²) in [6.45, 7) is 1.77. The number of nitrogens with one attached hydrogen (secondary N) is 1. The van der Waals surface area contributed by atoms with E-state index >= 15 is 0 Å². The lowest BCUT2D eigenvalue weighted by Gasteiger charge is -2.13. The van der Waals surface area contributed by atoms with E-state index in [0.29, 0.717) is 11.9 Å². The van der Waals surface area contributed by atoms with E-state index < -0.39 is 23.8 Å². The van der Waals surface area contributed by atoms with Crippen molar-refractivity contribution in [3.8, 4) is 0 Å². The van der Waals surface area contributed by atoms with Crippen LogP contribution in [0.1, 0.15) is 40.6 Å². The van der Waals surface area contributed by atoms with E-state index in [1.54, 1.807) is 35.7 Å². The number of aromatic nitrogens is 3. The fourth-order valence-electron chi connectivity index (χ4n) is 2.26. The minimum atomic E-state index is -4.49. The number of imidazole rings is 1. The lowest BCUT2D eigenvalue weighted by molar-refractivity contribution is -0.140. The summed E-state index contributed by atoms with van der Waals surface area (Å²) in [5.74, 6) is -0.445. The Bertz CT molecular complexity index is 871. The summed E-state index contributed by atoms with van der Waals surface area (Å²) in [4.78, 5) is 20.1. The van der Waals surface area contributed by atoms with Crippen molar-refractivity contribution >= 4 is 22.8 Å². The number of halogens is 3. The summed E-state index contributed by atoms with van der Waals surface area (Å²) in [5, 5.41) is 3.89. The van der Waals surface area contributed by atoms with Crippen LogP contribution in [0.2, 0.25) is 0 Å². The zero-order chi connectivity index (χ0) is 17.3. The number of carbonyl (C=O) groups is 1. The van der Waals surface area contributed by atoms with Crippen LogP contribution in [0.25, 0.3) is 5.52 Å². The Morgan fingerprint density at radius 1 is 1.42 bits per heavy atom. The molecule has 9 heteroatoms. The van der Waals surface area contributed by atoms with E-state index in [4.69, 9.17) is 0 Å². The number of pyridine rings is 1. The number of hydrogen-bond donors (Lipinski definition) is 1. The highest BCUT2D eigenvalue weighted by molar-refractivity contribution is 7.09. The van der Waals surface area contributed by atoms with Gasteiger partial charge in [-0.1, -0.05) is 13.0 Å². The Morgan fingerprint density at radius 3 is 2.88 bits per heavy atom. The Kier molecular flexibility index (Phi) is 4.27. The number of fused-ring (bicyclic) bond motifs is 1. The average molecular weight is 354 g/mol. The van der Waals surface area contributed by atoms with E-state index in [0.717, 1.165) is 16.7 Å². The lowest BCUT2D eigenvalue weighted by atomic mass is 10.2. The SMILES string of the molecule is CCC(NC(=O)c1ncn2ccccc12)c1nc(C(F)(F)F)cs1. The van der Waals surface area contributed by atoms with Crippen LogP contribution in [0, 0.1) is 0 Å². The minimum Gasteiger partial charge on any atom is -0.341 e. The van der Waals surface area contributed by atoms with E-state index in [1.807, 2.05) is 0 Å². The van der Waals surface area contributed by atoms with E-state index in [-0.39, 0.29) is 10.7 Å². The van der Waals surface area contributed by atoms with Gasteiger partial charge in [-0.15, -0.1) is 11.3 Å². The molecule has 0 saturated heterocycles. The van der Waals surface area contributed by atoms with Gasteiger partial charge >= 0.3 is 6.18 Å². The Hall–Kier alpha value is -2.42. The van der Waals surface area contributed by atoms with Gasteiger partial charge in [0.15, 0.2) is 11.4 Å². The van der Waals surface area contributed by atoms with Gasteiger partial charge in [0.05, 0.1) is 11.6 Å². The van der Waals surface area contributed by atoms with Gasteiger partial charge in [0.2, 0.25) is 0 Å². The molecule has 24 heavy (non-hydrogen) atoms. The third-order valence-electron chi connectivity index (χ3n) is 3.48. The van der Waals surface area contributed by atoms with Crippen molar-refractivity contribution in [2.24, 2.45) is 0 Å². The molecule has 1 amide bonds. The van der Waals surface area contributed by atoms with Crippen LogP contribution >= 0.6 is 11.3 Å². The van der Waals surface area contributed by atoms with Crippen LogP contribution in [0.4, 0.5) is 13.2 Å². The third kappa shape index (κ3) is 3.12. The van der Waals surface area contributed by atoms with Gasteiger partial charge in [0.1, 0.15) is 11.3 Å². The fourth-order valence-corrected chi connectivity index (χ4v) is 3.22. The number of nitrogens with zero attached hydrogens (tertiary/aromatic N) is 3. The Balaban J connectivity index is 1.82. The highest BCUT2D eigenvalue weighted by Gasteiger charge is 2.34. The summed E-state index contributed by atoms with van der Waals surface area (Å²) in [7, 11) is 0. The van der Waals surface area contributed by atoms with Crippen molar-refractivity contribution in [1.82, 2.24) is 19.7 Å². The topological polar surface area (TPSA) is 59.3 Å². The summed E-state index contributed by atoms with van der Waals surface area (Å²) >= 11 is 0.881. The fraction of sp³-hybridized carbons (Fsp3) is 0.267. The zero-order valence-corrected chi connectivity index (χ0v) is 13.4. The molecule has 0 aliphatic carbocycles. The van der Waals surface area contributed by atoms with Gasteiger partial charge in [-0.2, -0.15) is 13.2 Å². The number of rotatable bonds is 4. The van der Waals surface area contributed by atoms with Gasteiger partial charge in [-0.25, -0.2) is 9.97 Å². The molecule has 0 aromatic carbocycles. The molecule has 3 aromatic rings. The van der Waals surface area contributed by atoms with Gasteiger partial charge in [0, 0.05) is 11.6 Å². The number of hydrogen-bond acceptors (Lipinski definition) is 4. The molecule has 0 aliphatic rings. The normalized spacial score (nSPS) is 13.2. The quantitative estimate of drug-likeness (QED) is 0.777. The minimum absolute atomic E-state index is 0.224. The largest absolute Gasteiger partial charge is 0.434 e. The highest BCUT2D eigenvalue weighted by Crippen LogP contribution is 2.32. The molecule has 0 saturated carbocycles. The molecule has 1 unspecified atom stereocenters. The van der Waals surface area contributed by atoms with Crippen LogP contribution < -0.4 is 5.32 Å². The van der Waals surface area contributed by atoms with Gasteiger partial charge in [-0.05, 0) is 18.6 Å². The van der Waals surface area contributed by atoms with Gasteiger partial charge in [0.25, 0.3) is 5.91 Å². The molecule has 1 N–H and O–H groups in total. The summed E-state index contributed by atoms with van der Waals surface area (Å²) in [6.07, 6.45) is -0.803. The standard InChI is InChI=1S/C15H13F3N4OS/c1-2-9(14-21-11(7-24-14)15(16,17)18)20-13(23)12-10-5-3-4-6-22(10)8-19-12/h3-9H,2H2,1H3,(H,20,23). The van der Waals surface area contributed by atoms with Crippen LogP contribution in [-0.2, 0) is 6.18 Å². The molecule has 3 rings (SSSR count). The highest BCUT2D eigenvalue weighted by atomic mass is 32.1. The van der Waals surface area contributed by atoms with Crippen LogP contribution in [0.5, 0.6) is 0 Å². The third-order valence-corrected chi connectivity index (χ3v) is 4.44. The van der Waals surface area contributed by atoms with Crippen LogP contribution in [-0.4, -0.2) is 20.3 Å². The van der Waals surface area contributed by atoms with Crippen molar-refractivity contribution in [1.29, 1.82) is 0 Å². The molecule has 0 aliphatic heterocycles. The smallest absolute Gasteiger partial charge is 0.341 e. The van der Waals surface area contributed by atoms with E-state index in [2.05, 4.69) is 15.3 Å². The van der Waals surface area contributed by atoms with Crippen molar-refractivity contribution in [3.05, 3.63) is 52.5 Å². The van der Waals surface area contributed by atoms with Gasteiger partial charge < -0.3 is 9.72 Å². The molecular weight excluding hydrogens is 341 g/mol. The predicted octanol–water partition coefficient (Wildman–Crippen LogP) is 3.69. The zero-order valence-electron chi connectivity index (χ0n) is 12.5. The maximum Gasteiger partial charge on any atom is 0.434 e. The van der Waals surface area contributed by atoms with Crippen molar-refractivity contribution < 1.29 is 18.0 Å². The first kappa shape index (κ1) is 16.4. The monoisotopic (exact) mass is 354 g/mol. The van der Waals surface area contributed by atoms with Crippen molar-refractivity contribution in [3.63, 3.8) is 0 Å². The second-order valence-electron chi connectivity index (χ2n) is 5.09. The molecule has 5 nitrogen and oxygen atoms in total. The molecule has 126 valence electrons. The first-order chi connectivity index (χ1) is 11.4. The number of alkyl halides is 3. The maximum absolute atomic E-state index is 12.7. The summed E-state index contributed by atoms with van der Waals surface area (Å²) < 4.78 is 39.7.